The van der Waals surface area contributed by atoms with Gasteiger partial charge in [-0.25, -0.2) is 4.98 Å². The van der Waals surface area contributed by atoms with E-state index in [4.69, 9.17) is 0 Å². The van der Waals surface area contributed by atoms with Gasteiger partial charge in [0.15, 0.2) is 5.82 Å². The van der Waals surface area contributed by atoms with Crippen LogP contribution in [-0.2, 0) is 23.6 Å². The molecule has 3 heterocycles. The van der Waals surface area contributed by atoms with E-state index in [0.717, 1.165) is 43.1 Å². The first-order chi connectivity index (χ1) is 16.6. The van der Waals surface area contributed by atoms with Gasteiger partial charge >= 0.3 is 6.18 Å². The van der Waals surface area contributed by atoms with Crippen molar-refractivity contribution in [3.8, 4) is 0 Å². The smallest absolute Gasteiger partial charge is 0.383 e. The number of alkyl halides is 3. The Morgan fingerprint density at radius 3 is 2.69 bits per heavy atom. The monoisotopic (exact) mass is 508 g/mol. The average molecular weight is 509 g/mol. The van der Waals surface area contributed by atoms with E-state index in [2.05, 4.69) is 25.6 Å². The van der Waals surface area contributed by atoms with Crippen molar-refractivity contribution in [2.24, 2.45) is 7.05 Å². The summed E-state index contributed by atoms with van der Waals surface area (Å²) in [7, 11) is 1.65. The van der Waals surface area contributed by atoms with Crippen LogP contribution in [0.2, 0.25) is 0 Å². The number of carbonyl (C=O) groups is 1. The number of fused-ring (bicyclic) bond motifs is 1. The van der Waals surface area contributed by atoms with Gasteiger partial charge in [-0.1, -0.05) is 0 Å². The van der Waals surface area contributed by atoms with Crippen LogP contribution >= 0.6 is 11.3 Å². The largest absolute Gasteiger partial charge is 0.416 e. The maximum atomic E-state index is 13.1. The molecule has 1 saturated heterocycles. The predicted molar refractivity (Wildman–Crippen MR) is 126 cm³/mol. The van der Waals surface area contributed by atoms with Crippen molar-refractivity contribution in [3.63, 3.8) is 0 Å². The predicted octanol–water partition coefficient (Wildman–Crippen LogP) is 3.09. The maximum absolute atomic E-state index is 13.1. The highest BCUT2D eigenvalue weighted by atomic mass is 32.1. The summed E-state index contributed by atoms with van der Waals surface area (Å²) in [5.74, 6) is 0.0103. The Kier molecular flexibility index (Phi) is 6.22. The molecule has 1 saturated carbocycles. The number of amides is 1. The molecule has 188 valence electrons. The van der Waals surface area contributed by atoms with Crippen molar-refractivity contribution >= 4 is 34.0 Å². The fourth-order valence-corrected chi connectivity index (χ4v) is 5.83. The van der Waals surface area contributed by atoms with E-state index in [-0.39, 0.29) is 24.3 Å². The molecule has 0 bridgehead atoms. The molecule has 1 aromatic carbocycles. The summed E-state index contributed by atoms with van der Waals surface area (Å²) < 4.78 is 40.8. The highest BCUT2D eigenvalue weighted by Crippen LogP contribution is 2.40. The molecule has 1 aliphatic carbocycles. The number of hydrogen-bond acceptors (Lipinski definition) is 7. The number of anilines is 1. The van der Waals surface area contributed by atoms with E-state index in [1.807, 2.05) is 5.38 Å². The quantitative estimate of drug-likeness (QED) is 0.474. The van der Waals surface area contributed by atoms with Gasteiger partial charge in [-0.15, -0.1) is 11.3 Å². The van der Waals surface area contributed by atoms with Crippen LogP contribution in [0.5, 0.6) is 0 Å². The van der Waals surface area contributed by atoms with Gasteiger partial charge in [0.05, 0.1) is 23.7 Å². The van der Waals surface area contributed by atoms with E-state index in [0.29, 0.717) is 29.8 Å². The molecule has 12 heteroatoms. The number of aliphatic hydroxyl groups is 1. The minimum absolute atomic E-state index is 0.0291. The lowest BCUT2D eigenvalue weighted by Gasteiger charge is -2.47. The number of rotatable bonds is 6. The maximum Gasteiger partial charge on any atom is 0.416 e. The fraction of sp³-hybridized carbons (Fsp3) is 0.522. The first-order valence-corrected chi connectivity index (χ1v) is 12.4. The zero-order valence-corrected chi connectivity index (χ0v) is 20.0. The van der Waals surface area contributed by atoms with E-state index in [1.54, 1.807) is 13.2 Å². The van der Waals surface area contributed by atoms with Crippen molar-refractivity contribution in [2.45, 2.75) is 49.5 Å². The van der Waals surface area contributed by atoms with Crippen molar-refractivity contribution in [1.29, 1.82) is 0 Å². The van der Waals surface area contributed by atoms with Crippen LogP contribution in [0.3, 0.4) is 0 Å². The summed E-state index contributed by atoms with van der Waals surface area (Å²) in [4.78, 5) is 19.0. The molecule has 3 N–H and O–H groups in total. The van der Waals surface area contributed by atoms with Crippen LogP contribution < -0.4 is 10.6 Å². The number of benzene rings is 1. The molecule has 1 amide bonds. The Balaban J connectivity index is 1.10. The summed E-state index contributed by atoms with van der Waals surface area (Å²) >= 11 is 1.49. The minimum atomic E-state index is -4.45. The Labute approximate surface area is 204 Å². The number of thiazole rings is 1. The highest BCUT2D eigenvalue weighted by Gasteiger charge is 2.41. The van der Waals surface area contributed by atoms with Crippen LogP contribution in [0.4, 0.5) is 19.0 Å². The summed E-state index contributed by atoms with van der Waals surface area (Å²) in [6.07, 6.45) is 0.383. The lowest BCUT2D eigenvalue weighted by molar-refractivity contribution is -0.137. The van der Waals surface area contributed by atoms with Crippen molar-refractivity contribution < 1.29 is 23.1 Å². The number of hydrogen-bond donors (Lipinski definition) is 3. The van der Waals surface area contributed by atoms with Gasteiger partial charge < -0.3 is 15.7 Å². The molecule has 2 aliphatic rings. The second-order valence-corrected chi connectivity index (χ2v) is 10.3. The zero-order chi connectivity index (χ0) is 24.8. The van der Waals surface area contributed by atoms with Crippen LogP contribution in [-0.4, -0.2) is 62.4 Å². The third-order valence-electron chi connectivity index (χ3n) is 7.00. The molecule has 0 atom stereocenters. The lowest BCUT2D eigenvalue weighted by Crippen LogP contribution is -2.63. The summed E-state index contributed by atoms with van der Waals surface area (Å²) in [6.45, 7) is 1.41. The Morgan fingerprint density at radius 1 is 1.29 bits per heavy atom. The van der Waals surface area contributed by atoms with Crippen LogP contribution in [0, 0.1) is 0 Å². The first kappa shape index (κ1) is 24.0. The SMILES string of the molecule is Cn1nc(NCC(=O)NC2CN([C@H]3CC[C@@](O)(c4nccs4)CC3)C2)c2cc(C(F)(F)F)ccc21. The standard InChI is InChI=1S/C23H27F3N6O2S/c1-31-18-3-2-14(23(24,25)26)10-17(18)20(30-31)28-11-19(33)29-15-12-32(13-15)16-4-6-22(34,7-5-16)21-27-8-9-35-21/h2-3,8-10,15-16,34H,4-7,11-13H2,1H3,(H,28,30)(H,29,33)/t16-,22-. The molecule has 35 heavy (non-hydrogen) atoms. The topological polar surface area (TPSA) is 95.3 Å². The van der Waals surface area contributed by atoms with Crippen molar-refractivity contribution in [3.05, 3.63) is 40.3 Å². The Morgan fingerprint density at radius 2 is 2.03 bits per heavy atom. The summed E-state index contributed by atoms with van der Waals surface area (Å²) in [5.41, 5.74) is -1.04. The van der Waals surface area contributed by atoms with Crippen LogP contribution in [0.15, 0.2) is 29.8 Å². The van der Waals surface area contributed by atoms with Crippen molar-refractivity contribution in [2.75, 3.05) is 25.0 Å². The first-order valence-electron chi connectivity index (χ1n) is 11.6. The van der Waals surface area contributed by atoms with E-state index in [9.17, 15) is 23.1 Å². The van der Waals surface area contributed by atoms with Gasteiger partial charge in [-0.05, 0) is 43.9 Å². The number of carbonyl (C=O) groups excluding carboxylic acids is 1. The summed E-state index contributed by atoms with van der Waals surface area (Å²) in [5, 5.41) is 23.9. The molecule has 1 aliphatic heterocycles. The van der Waals surface area contributed by atoms with Crippen LogP contribution in [0.25, 0.3) is 10.9 Å². The molecule has 2 aromatic heterocycles. The van der Waals surface area contributed by atoms with Gasteiger partial charge in [0.25, 0.3) is 0 Å². The molecule has 8 nitrogen and oxygen atoms in total. The molecule has 0 unspecified atom stereocenters. The number of nitrogens with one attached hydrogen (secondary N) is 2. The van der Waals surface area contributed by atoms with Crippen molar-refractivity contribution in [1.82, 2.24) is 25.0 Å². The molecule has 5 rings (SSSR count). The minimum Gasteiger partial charge on any atom is -0.383 e. The number of aryl methyl sites for hydroxylation is 1. The Bertz CT molecular complexity index is 1200. The second-order valence-electron chi connectivity index (χ2n) is 9.37. The van der Waals surface area contributed by atoms with Gasteiger partial charge in [-0.3, -0.25) is 14.4 Å². The fourth-order valence-electron chi connectivity index (χ4n) is 5.03. The number of nitrogens with zero attached hydrogens (tertiary/aromatic N) is 4. The molecule has 0 radical (unpaired) electrons. The molecular formula is C23H27F3N6O2S. The van der Waals surface area contributed by atoms with Gasteiger partial charge in [0.1, 0.15) is 10.6 Å². The third kappa shape index (κ3) is 4.87. The Hall–Kier alpha value is -2.70. The molecule has 3 aromatic rings. The highest BCUT2D eigenvalue weighted by molar-refractivity contribution is 7.09. The normalized spacial score (nSPS) is 23.9. The summed E-state index contributed by atoms with van der Waals surface area (Å²) in [6, 6.07) is 3.86. The molecular weight excluding hydrogens is 481 g/mol. The average Bonchev–Trinajstić information content (AvgIpc) is 3.44. The number of likely N-dealkylation sites (tertiary alicyclic amines) is 1. The molecule has 2 fully saturated rings. The third-order valence-corrected chi connectivity index (χ3v) is 7.96. The lowest BCUT2D eigenvalue weighted by atomic mass is 9.81. The van der Waals surface area contributed by atoms with Crippen LogP contribution in [0.1, 0.15) is 36.3 Å². The van der Waals surface area contributed by atoms with Gasteiger partial charge in [0, 0.05) is 43.1 Å². The van der Waals surface area contributed by atoms with E-state index >= 15 is 0 Å². The number of halogens is 3. The van der Waals surface area contributed by atoms with E-state index < -0.39 is 17.3 Å². The number of aromatic nitrogens is 3. The van der Waals surface area contributed by atoms with Gasteiger partial charge in [0.2, 0.25) is 5.91 Å². The van der Waals surface area contributed by atoms with Gasteiger partial charge in [-0.2, -0.15) is 18.3 Å². The second kappa shape index (κ2) is 9.07. The molecule has 0 spiro atoms. The van der Waals surface area contributed by atoms with E-state index in [1.165, 1.54) is 22.1 Å². The zero-order valence-electron chi connectivity index (χ0n) is 19.2.